The number of rotatable bonds is 17. The van der Waals surface area contributed by atoms with Gasteiger partial charge in [-0.3, -0.25) is 0 Å². The summed E-state index contributed by atoms with van der Waals surface area (Å²) in [5.74, 6) is 1.42. The number of hydrogen-bond donors (Lipinski definition) is 1. The Labute approximate surface area is 408 Å². The maximum Gasteiger partial charge on any atom is 0.119 e. The third kappa shape index (κ3) is 9.89. The molecular weight excluding hydrogens is 946 g/mol. The van der Waals surface area contributed by atoms with Crippen molar-refractivity contribution in [3.8, 4) is 11.5 Å². The van der Waals surface area contributed by atoms with E-state index in [4.69, 9.17) is 17.3 Å². The summed E-state index contributed by atoms with van der Waals surface area (Å²) in [5, 5.41) is 30.9. The summed E-state index contributed by atoms with van der Waals surface area (Å²) >= 11 is 1.88. The maximum absolute atomic E-state index is 14.4. The van der Waals surface area contributed by atoms with E-state index in [0.717, 1.165) is 68.0 Å². The molecule has 7 aromatic rings. The zero-order valence-corrected chi connectivity index (χ0v) is 40.5. The molecule has 2 aliphatic carbocycles. The molecule has 3 atom stereocenters. The smallest absolute Gasteiger partial charge is 0.119 e. The predicted molar refractivity (Wildman–Crippen MR) is 279 cm³/mol. The van der Waals surface area contributed by atoms with Crippen molar-refractivity contribution in [3.05, 3.63) is 215 Å². The SMILES string of the molecule is Cc1cc(N(c2ccc(OCCOC(C)C)cc2)c2cccc3ccccc23)ccc1C1=C([O-])/C(=C2/C=CC(C(Cc3ccc(OCCOI)cc3)c3cccc4ccccc34)C=C2O)C1C. The van der Waals surface area contributed by atoms with Crippen molar-refractivity contribution in [1.29, 1.82) is 0 Å². The molecule has 7 aromatic carbocycles. The van der Waals surface area contributed by atoms with Crippen LogP contribution in [0.2, 0.25) is 0 Å². The van der Waals surface area contributed by atoms with Crippen molar-refractivity contribution < 1.29 is 27.5 Å². The van der Waals surface area contributed by atoms with E-state index in [9.17, 15) is 10.2 Å². The summed E-state index contributed by atoms with van der Waals surface area (Å²) < 4.78 is 22.6. The fraction of sp³-hybridized carbons (Fsp3) is 0.220. The standard InChI is InChI=1S/C59H56INO6/c1-38(2)64-31-32-65-48-27-22-45(23-28-48)61(55-18-10-14-43-12-6-8-16-51(43)55)46-24-30-49(39(3)35-46)57-40(4)58(59(57)63)53-29-21-44(37-56(53)62)54(52-17-9-13-42-11-5-7-15-50(42)52)36-41-19-25-47(26-20-41)66-33-34-67-60/h5-30,35,37-38,40,44,54,62-63H,31-34,36H2,1-4H3/p-1/b58-53-. The first-order chi connectivity index (χ1) is 32.7. The monoisotopic (exact) mass is 1000 g/mol. The molecule has 7 nitrogen and oxygen atoms in total. The molecule has 0 spiro atoms. The molecule has 1 N–H and O–H groups in total. The van der Waals surface area contributed by atoms with Gasteiger partial charge < -0.3 is 32.4 Å². The highest BCUT2D eigenvalue weighted by atomic mass is 127. The minimum Gasteiger partial charge on any atom is -0.872 e. The van der Waals surface area contributed by atoms with Crippen molar-refractivity contribution >= 4 is 67.2 Å². The van der Waals surface area contributed by atoms with Crippen LogP contribution in [0.4, 0.5) is 17.1 Å². The number of aliphatic hydroxyl groups excluding tert-OH is 1. The number of hydrogen-bond acceptors (Lipinski definition) is 7. The second-order valence-corrected chi connectivity index (χ2v) is 18.2. The molecular formula is C59H55INO6-. The van der Waals surface area contributed by atoms with Crippen LogP contribution in [-0.4, -0.2) is 37.6 Å². The van der Waals surface area contributed by atoms with Gasteiger partial charge in [-0.15, -0.1) is 0 Å². The van der Waals surface area contributed by atoms with Crippen molar-refractivity contribution in [2.45, 2.75) is 46.1 Å². The van der Waals surface area contributed by atoms with Crippen LogP contribution in [0.25, 0.3) is 27.1 Å². The molecule has 0 fully saturated rings. The van der Waals surface area contributed by atoms with E-state index in [-0.39, 0.29) is 35.4 Å². The Balaban J connectivity index is 1.01. The van der Waals surface area contributed by atoms with E-state index in [2.05, 4.69) is 152 Å². The van der Waals surface area contributed by atoms with Crippen molar-refractivity contribution in [3.63, 3.8) is 0 Å². The fourth-order valence-corrected chi connectivity index (χ4v) is 9.84. The van der Waals surface area contributed by atoms with Crippen LogP contribution in [0.5, 0.6) is 11.5 Å². The van der Waals surface area contributed by atoms with Gasteiger partial charge >= 0.3 is 0 Å². The van der Waals surface area contributed by atoms with E-state index < -0.39 is 0 Å². The molecule has 9 rings (SSSR count). The highest BCUT2D eigenvalue weighted by molar-refractivity contribution is 14.1. The molecule has 0 aliphatic heterocycles. The fourth-order valence-electron chi connectivity index (χ4n) is 9.66. The molecule has 2 aliphatic rings. The van der Waals surface area contributed by atoms with E-state index in [0.29, 0.717) is 37.6 Å². The van der Waals surface area contributed by atoms with Crippen molar-refractivity contribution in [1.82, 2.24) is 0 Å². The second kappa shape index (κ2) is 20.7. The third-order valence-corrected chi connectivity index (χ3v) is 13.4. The molecule has 0 heterocycles. The number of ether oxygens (including phenoxy) is 3. The van der Waals surface area contributed by atoms with Gasteiger partial charge in [-0.2, -0.15) is 0 Å². The van der Waals surface area contributed by atoms with Crippen LogP contribution < -0.4 is 19.5 Å². The Hall–Kier alpha value is -6.33. The minimum atomic E-state index is -0.172. The Kier molecular flexibility index (Phi) is 14.1. The zero-order valence-electron chi connectivity index (χ0n) is 38.3. The second-order valence-electron chi connectivity index (χ2n) is 17.6. The van der Waals surface area contributed by atoms with Crippen LogP contribution in [0.15, 0.2) is 193 Å². The Morgan fingerprint density at radius 2 is 1.31 bits per heavy atom. The first kappa shape index (κ1) is 45.8. The molecule has 0 saturated carbocycles. The maximum atomic E-state index is 14.4. The average molecular weight is 1000 g/mol. The molecule has 3 unspecified atom stereocenters. The summed E-state index contributed by atoms with van der Waals surface area (Å²) in [6.45, 7) is 10.2. The van der Waals surface area contributed by atoms with Gasteiger partial charge in [-0.05, 0) is 143 Å². The van der Waals surface area contributed by atoms with Gasteiger partial charge in [0.1, 0.15) is 53.5 Å². The van der Waals surface area contributed by atoms with E-state index >= 15 is 0 Å². The lowest BCUT2D eigenvalue weighted by Gasteiger charge is -2.42. The quantitative estimate of drug-likeness (QED) is 0.0719. The van der Waals surface area contributed by atoms with Crippen LogP contribution in [0.1, 0.15) is 48.9 Å². The molecule has 0 saturated heterocycles. The largest absolute Gasteiger partial charge is 0.872 e. The Bertz CT molecular complexity index is 2990. The molecule has 8 heteroatoms. The van der Waals surface area contributed by atoms with Gasteiger partial charge in [-0.25, -0.2) is 0 Å². The van der Waals surface area contributed by atoms with Gasteiger partial charge in [0.25, 0.3) is 0 Å². The normalized spacial score (nSPS) is 17.4. The Morgan fingerprint density at radius 3 is 1.99 bits per heavy atom. The highest BCUT2D eigenvalue weighted by Crippen LogP contribution is 2.50. The third-order valence-electron chi connectivity index (χ3n) is 12.9. The van der Waals surface area contributed by atoms with Crippen LogP contribution >= 0.6 is 23.0 Å². The number of halogens is 1. The lowest BCUT2D eigenvalue weighted by atomic mass is 9.70. The first-order valence-electron chi connectivity index (χ1n) is 23.1. The van der Waals surface area contributed by atoms with Gasteiger partial charge in [0, 0.05) is 34.2 Å². The average Bonchev–Trinajstić information content (AvgIpc) is 3.34. The summed E-state index contributed by atoms with van der Waals surface area (Å²) in [6, 6.07) is 52.5. The van der Waals surface area contributed by atoms with Gasteiger partial charge in [0.05, 0.1) is 25.0 Å². The number of aliphatic hydroxyl groups is 1. The molecule has 0 radical (unpaired) electrons. The van der Waals surface area contributed by atoms with Crippen LogP contribution in [-0.2, 0) is 14.2 Å². The molecule has 0 aromatic heterocycles. The van der Waals surface area contributed by atoms with Crippen LogP contribution in [0.3, 0.4) is 0 Å². The number of fused-ring (bicyclic) bond motifs is 2. The predicted octanol–water partition coefficient (Wildman–Crippen LogP) is 14.0. The van der Waals surface area contributed by atoms with Crippen LogP contribution in [0, 0.1) is 18.8 Å². The van der Waals surface area contributed by atoms with Crippen molar-refractivity contribution in [2.75, 3.05) is 31.3 Å². The van der Waals surface area contributed by atoms with E-state index in [1.54, 1.807) is 0 Å². The Morgan fingerprint density at radius 1 is 0.687 bits per heavy atom. The van der Waals surface area contributed by atoms with E-state index in [1.165, 1.54) is 16.3 Å². The summed E-state index contributed by atoms with van der Waals surface area (Å²) in [6.07, 6.45) is 6.97. The highest BCUT2D eigenvalue weighted by Gasteiger charge is 2.33. The number of nitrogens with zero attached hydrogens (tertiary/aromatic N) is 1. The lowest BCUT2D eigenvalue weighted by molar-refractivity contribution is -0.301. The number of benzene rings is 7. The van der Waals surface area contributed by atoms with Crippen molar-refractivity contribution in [2.24, 2.45) is 11.8 Å². The first-order valence-corrected chi connectivity index (χ1v) is 24.0. The van der Waals surface area contributed by atoms with Gasteiger partial charge in [-0.1, -0.05) is 122 Å². The zero-order chi connectivity index (χ0) is 46.4. The molecule has 0 amide bonds. The molecule has 67 heavy (non-hydrogen) atoms. The topological polar surface area (TPSA) is 83.5 Å². The molecule has 340 valence electrons. The number of anilines is 3. The lowest BCUT2D eigenvalue weighted by Crippen LogP contribution is -2.29. The van der Waals surface area contributed by atoms with Gasteiger partial charge in [0.15, 0.2) is 0 Å². The summed E-state index contributed by atoms with van der Waals surface area (Å²) in [7, 11) is 0. The number of allylic oxidation sites excluding steroid dienone is 5. The summed E-state index contributed by atoms with van der Waals surface area (Å²) in [4.78, 5) is 2.26. The van der Waals surface area contributed by atoms with E-state index in [1.807, 2.05) is 73.3 Å². The summed E-state index contributed by atoms with van der Waals surface area (Å²) in [5.41, 5.74) is 9.30. The molecule has 0 bridgehead atoms. The minimum absolute atomic E-state index is 0.0161. The van der Waals surface area contributed by atoms with Gasteiger partial charge in [0.2, 0.25) is 0 Å². The number of aryl methyl sites for hydroxylation is 1.